The van der Waals surface area contributed by atoms with E-state index in [2.05, 4.69) is 10.3 Å². The minimum atomic E-state index is -0.601. The Balaban J connectivity index is 2.96. The number of aromatic nitrogens is 1. The predicted octanol–water partition coefficient (Wildman–Crippen LogP) is 1.71. The first-order chi connectivity index (χ1) is 8.10. The standard InChI is InChI=1S/C9H12ClN3O4/c1-16-4-3-11-8-6(10)5-7(13(14)15)9(12-8)17-2/h5H,3-4H2,1-2H3,(H,11,12). The number of nitrogens with one attached hydrogen (secondary N) is 1. The minimum Gasteiger partial charge on any atom is -0.476 e. The van der Waals surface area contributed by atoms with Crippen LogP contribution in [0.5, 0.6) is 5.88 Å². The largest absolute Gasteiger partial charge is 0.476 e. The average Bonchev–Trinajstić information content (AvgIpc) is 2.30. The van der Waals surface area contributed by atoms with E-state index in [0.717, 1.165) is 0 Å². The van der Waals surface area contributed by atoms with Crippen molar-refractivity contribution in [2.75, 3.05) is 32.7 Å². The Bertz CT molecular complexity index is 413. The van der Waals surface area contributed by atoms with Gasteiger partial charge in [-0.3, -0.25) is 10.1 Å². The molecule has 0 saturated carbocycles. The van der Waals surface area contributed by atoms with Crippen molar-refractivity contribution >= 4 is 23.1 Å². The van der Waals surface area contributed by atoms with Gasteiger partial charge in [0.05, 0.1) is 23.7 Å². The highest BCUT2D eigenvalue weighted by Crippen LogP contribution is 2.32. The number of halogens is 1. The fraction of sp³-hybridized carbons (Fsp3) is 0.444. The van der Waals surface area contributed by atoms with E-state index in [4.69, 9.17) is 21.1 Å². The van der Waals surface area contributed by atoms with Crippen LogP contribution in [0.3, 0.4) is 0 Å². The highest BCUT2D eigenvalue weighted by Gasteiger charge is 2.19. The fourth-order valence-corrected chi connectivity index (χ4v) is 1.35. The van der Waals surface area contributed by atoms with Gasteiger partial charge in [-0.05, 0) is 0 Å². The van der Waals surface area contributed by atoms with Crippen molar-refractivity contribution < 1.29 is 14.4 Å². The Morgan fingerprint density at radius 3 is 2.82 bits per heavy atom. The third-order valence-electron chi connectivity index (χ3n) is 1.91. The average molecular weight is 262 g/mol. The van der Waals surface area contributed by atoms with Crippen LogP contribution < -0.4 is 10.1 Å². The molecular weight excluding hydrogens is 250 g/mol. The molecule has 8 heteroatoms. The summed E-state index contributed by atoms with van der Waals surface area (Å²) >= 11 is 5.86. The zero-order valence-corrected chi connectivity index (χ0v) is 10.2. The van der Waals surface area contributed by atoms with Crippen LogP contribution in [-0.4, -0.2) is 37.3 Å². The first-order valence-electron chi connectivity index (χ1n) is 4.72. The van der Waals surface area contributed by atoms with Gasteiger partial charge in [0.15, 0.2) is 0 Å². The Hall–Kier alpha value is -1.60. The Morgan fingerprint density at radius 2 is 2.29 bits per heavy atom. The second kappa shape index (κ2) is 6.21. The van der Waals surface area contributed by atoms with Crippen LogP contribution >= 0.6 is 11.6 Å². The number of hydrogen-bond acceptors (Lipinski definition) is 6. The van der Waals surface area contributed by atoms with Crippen LogP contribution in [0.1, 0.15) is 0 Å². The molecule has 0 aliphatic carbocycles. The zero-order valence-electron chi connectivity index (χ0n) is 9.40. The van der Waals surface area contributed by atoms with E-state index >= 15 is 0 Å². The summed E-state index contributed by atoms with van der Waals surface area (Å²) in [5.41, 5.74) is -0.269. The SMILES string of the molecule is COCCNc1nc(OC)c([N+](=O)[O-])cc1Cl. The summed E-state index contributed by atoms with van der Waals surface area (Å²) in [5, 5.41) is 13.7. The number of methoxy groups -OCH3 is 2. The lowest BCUT2D eigenvalue weighted by Gasteiger charge is -2.08. The number of anilines is 1. The smallest absolute Gasteiger partial charge is 0.332 e. The molecule has 1 rings (SSSR count). The molecule has 0 aliphatic rings. The fourth-order valence-electron chi connectivity index (χ4n) is 1.14. The van der Waals surface area contributed by atoms with Crippen LogP contribution in [-0.2, 0) is 4.74 Å². The van der Waals surface area contributed by atoms with Gasteiger partial charge in [-0.1, -0.05) is 11.6 Å². The van der Waals surface area contributed by atoms with Crippen molar-refractivity contribution in [2.45, 2.75) is 0 Å². The molecule has 94 valence electrons. The van der Waals surface area contributed by atoms with E-state index in [9.17, 15) is 10.1 Å². The van der Waals surface area contributed by atoms with Crippen LogP contribution in [0, 0.1) is 10.1 Å². The molecule has 0 radical (unpaired) electrons. The van der Waals surface area contributed by atoms with Gasteiger partial charge in [0.25, 0.3) is 5.88 Å². The van der Waals surface area contributed by atoms with Gasteiger partial charge in [0.1, 0.15) is 5.82 Å². The number of nitrogens with zero attached hydrogens (tertiary/aromatic N) is 2. The molecule has 1 heterocycles. The van der Waals surface area contributed by atoms with Crippen LogP contribution in [0.4, 0.5) is 11.5 Å². The number of nitro groups is 1. The van der Waals surface area contributed by atoms with E-state index in [0.29, 0.717) is 19.0 Å². The molecule has 0 aliphatic heterocycles. The molecule has 0 fully saturated rings. The van der Waals surface area contributed by atoms with Gasteiger partial charge in [-0.2, -0.15) is 4.98 Å². The molecular formula is C9H12ClN3O4. The van der Waals surface area contributed by atoms with E-state index in [1.807, 2.05) is 0 Å². The highest BCUT2D eigenvalue weighted by atomic mass is 35.5. The lowest BCUT2D eigenvalue weighted by molar-refractivity contribution is -0.386. The highest BCUT2D eigenvalue weighted by molar-refractivity contribution is 6.33. The molecule has 0 saturated heterocycles. The van der Waals surface area contributed by atoms with E-state index < -0.39 is 4.92 Å². The lowest BCUT2D eigenvalue weighted by atomic mass is 10.4. The lowest BCUT2D eigenvalue weighted by Crippen LogP contribution is -2.10. The molecule has 7 nitrogen and oxygen atoms in total. The van der Waals surface area contributed by atoms with Gasteiger partial charge in [-0.25, -0.2) is 0 Å². The second-order valence-corrected chi connectivity index (χ2v) is 3.43. The maximum absolute atomic E-state index is 10.7. The molecule has 0 unspecified atom stereocenters. The van der Waals surface area contributed by atoms with Gasteiger partial charge in [-0.15, -0.1) is 0 Å². The quantitative estimate of drug-likeness (QED) is 0.477. The van der Waals surface area contributed by atoms with Crippen molar-refractivity contribution in [2.24, 2.45) is 0 Å². The van der Waals surface area contributed by atoms with Gasteiger partial charge >= 0.3 is 5.69 Å². The van der Waals surface area contributed by atoms with Crippen molar-refractivity contribution in [3.05, 3.63) is 21.2 Å². The van der Waals surface area contributed by atoms with Crippen molar-refractivity contribution in [1.29, 1.82) is 0 Å². The zero-order chi connectivity index (χ0) is 12.8. The summed E-state index contributed by atoms with van der Waals surface area (Å²) in [4.78, 5) is 14.0. The number of ether oxygens (including phenoxy) is 2. The van der Waals surface area contributed by atoms with Crippen molar-refractivity contribution in [3.8, 4) is 5.88 Å². The summed E-state index contributed by atoms with van der Waals surface area (Å²) in [6.45, 7) is 0.960. The summed E-state index contributed by atoms with van der Waals surface area (Å²) in [6, 6.07) is 1.20. The maximum atomic E-state index is 10.7. The van der Waals surface area contributed by atoms with Gasteiger partial charge in [0.2, 0.25) is 0 Å². The van der Waals surface area contributed by atoms with E-state index in [1.165, 1.54) is 13.2 Å². The Morgan fingerprint density at radius 1 is 1.59 bits per heavy atom. The van der Waals surface area contributed by atoms with Crippen LogP contribution in [0.25, 0.3) is 0 Å². The summed E-state index contributed by atoms with van der Waals surface area (Å²) < 4.78 is 9.68. The molecule has 1 N–H and O–H groups in total. The van der Waals surface area contributed by atoms with E-state index in [1.54, 1.807) is 7.11 Å². The van der Waals surface area contributed by atoms with Crippen LogP contribution in [0.2, 0.25) is 5.02 Å². The third kappa shape index (κ3) is 3.43. The third-order valence-corrected chi connectivity index (χ3v) is 2.20. The molecule has 0 atom stereocenters. The Kier molecular flexibility index (Phi) is 4.92. The summed E-state index contributed by atoms with van der Waals surface area (Å²) in [7, 11) is 2.87. The molecule has 0 spiro atoms. The number of hydrogen-bond donors (Lipinski definition) is 1. The summed E-state index contributed by atoms with van der Waals surface area (Å²) in [5.74, 6) is 0.241. The number of rotatable bonds is 6. The first-order valence-corrected chi connectivity index (χ1v) is 5.09. The monoisotopic (exact) mass is 261 g/mol. The van der Waals surface area contributed by atoms with Gasteiger partial charge in [0, 0.05) is 19.7 Å². The number of pyridine rings is 1. The molecule has 0 bridgehead atoms. The normalized spacial score (nSPS) is 10.1. The summed E-state index contributed by atoms with van der Waals surface area (Å²) in [6.07, 6.45) is 0. The molecule has 1 aromatic heterocycles. The van der Waals surface area contributed by atoms with E-state index in [-0.39, 0.29) is 16.6 Å². The van der Waals surface area contributed by atoms with Crippen LogP contribution in [0.15, 0.2) is 6.07 Å². The molecule has 17 heavy (non-hydrogen) atoms. The maximum Gasteiger partial charge on any atom is 0.332 e. The molecule has 1 aromatic rings. The Labute approximate surface area is 103 Å². The molecule has 0 amide bonds. The minimum absolute atomic E-state index is 0.0840. The van der Waals surface area contributed by atoms with Crippen molar-refractivity contribution in [3.63, 3.8) is 0 Å². The van der Waals surface area contributed by atoms with Gasteiger partial charge < -0.3 is 14.8 Å². The second-order valence-electron chi connectivity index (χ2n) is 3.02. The predicted molar refractivity (Wildman–Crippen MR) is 62.8 cm³/mol. The van der Waals surface area contributed by atoms with Crippen molar-refractivity contribution in [1.82, 2.24) is 4.98 Å². The topological polar surface area (TPSA) is 86.5 Å². The first kappa shape index (κ1) is 13.5. The molecule has 0 aromatic carbocycles.